The minimum atomic E-state index is -4.34. The highest BCUT2D eigenvalue weighted by atomic mass is 19.4. The molecule has 2 unspecified atom stereocenters. The molecule has 4 nitrogen and oxygen atoms in total. The van der Waals surface area contributed by atoms with E-state index in [9.17, 15) is 18.0 Å². The Labute approximate surface area is 140 Å². The lowest BCUT2D eigenvalue weighted by atomic mass is 10.1. The Kier molecular flexibility index (Phi) is 6.10. The topological polar surface area (TPSA) is 35.6 Å². The molecule has 0 aliphatic carbocycles. The normalized spacial score (nSPS) is 22.5. The van der Waals surface area contributed by atoms with Crippen molar-refractivity contribution in [2.75, 3.05) is 26.7 Å². The van der Waals surface area contributed by atoms with E-state index in [1.54, 1.807) is 6.92 Å². The third-order valence-corrected chi connectivity index (χ3v) is 4.49. The molecular formula is C17H24F3N3O. The number of aryl methyl sites for hydroxylation is 1. The monoisotopic (exact) mass is 343 g/mol. The minimum Gasteiger partial charge on any atom is -0.338 e. The second-order valence-corrected chi connectivity index (χ2v) is 6.30. The average molecular weight is 343 g/mol. The fourth-order valence-corrected chi connectivity index (χ4v) is 2.91. The number of nitrogens with zero attached hydrogens (tertiary/aromatic N) is 2. The van der Waals surface area contributed by atoms with Crippen molar-refractivity contribution in [2.45, 2.75) is 38.0 Å². The molecule has 1 aromatic rings. The lowest BCUT2D eigenvalue weighted by Crippen LogP contribution is -2.63. The molecule has 0 bridgehead atoms. The van der Waals surface area contributed by atoms with Gasteiger partial charge in [-0.25, -0.2) is 4.79 Å². The van der Waals surface area contributed by atoms with Gasteiger partial charge in [-0.1, -0.05) is 30.3 Å². The van der Waals surface area contributed by atoms with Crippen LogP contribution < -0.4 is 5.32 Å². The van der Waals surface area contributed by atoms with Crippen molar-refractivity contribution in [1.29, 1.82) is 0 Å². The zero-order valence-corrected chi connectivity index (χ0v) is 14.0. The van der Waals surface area contributed by atoms with Gasteiger partial charge in [-0.05, 0) is 32.4 Å². The largest absolute Gasteiger partial charge is 0.405 e. The number of carbonyl (C=O) groups is 1. The van der Waals surface area contributed by atoms with Gasteiger partial charge in [0.25, 0.3) is 0 Å². The molecule has 1 aliphatic rings. The van der Waals surface area contributed by atoms with Crippen LogP contribution in [-0.2, 0) is 6.42 Å². The van der Waals surface area contributed by atoms with Gasteiger partial charge in [0.1, 0.15) is 6.04 Å². The standard InChI is InChI=1S/C17H24F3N3O/c1-13-11-23(12-15(22(13)2)17(18,19)20)16(24)21-10-6-9-14-7-4-3-5-8-14/h3-5,7-8,13,15H,6,9-12H2,1-2H3,(H,21,24). The van der Waals surface area contributed by atoms with Crippen molar-refractivity contribution in [3.63, 3.8) is 0 Å². The third kappa shape index (κ3) is 4.87. The number of halogens is 3. The van der Waals surface area contributed by atoms with Crippen LogP contribution in [0.15, 0.2) is 30.3 Å². The fraction of sp³-hybridized carbons (Fsp3) is 0.588. The summed E-state index contributed by atoms with van der Waals surface area (Å²) in [5.74, 6) is 0. The van der Waals surface area contributed by atoms with Gasteiger partial charge in [0.05, 0.1) is 0 Å². The molecule has 7 heteroatoms. The summed E-state index contributed by atoms with van der Waals surface area (Å²) in [6.07, 6.45) is -2.76. The zero-order chi connectivity index (χ0) is 17.7. The first-order valence-electron chi connectivity index (χ1n) is 8.14. The predicted octanol–water partition coefficient (Wildman–Crippen LogP) is 2.90. The Morgan fingerprint density at radius 2 is 1.92 bits per heavy atom. The van der Waals surface area contributed by atoms with E-state index in [0.29, 0.717) is 13.1 Å². The molecule has 1 aliphatic heterocycles. The number of nitrogens with one attached hydrogen (secondary N) is 1. The van der Waals surface area contributed by atoms with Gasteiger partial charge in [0.15, 0.2) is 0 Å². The van der Waals surface area contributed by atoms with Crippen LogP contribution in [0.25, 0.3) is 0 Å². The number of rotatable bonds is 4. The maximum absolute atomic E-state index is 13.1. The molecule has 1 heterocycles. The first-order valence-corrected chi connectivity index (χ1v) is 8.14. The lowest BCUT2D eigenvalue weighted by Gasteiger charge is -2.44. The SMILES string of the molecule is CC1CN(C(=O)NCCCc2ccccc2)CC(C(F)(F)F)N1C. The van der Waals surface area contributed by atoms with E-state index in [2.05, 4.69) is 5.32 Å². The molecule has 2 atom stereocenters. The van der Waals surface area contributed by atoms with Crippen molar-refractivity contribution in [1.82, 2.24) is 15.1 Å². The Hall–Kier alpha value is -1.76. The summed E-state index contributed by atoms with van der Waals surface area (Å²) in [7, 11) is 1.46. The molecule has 24 heavy (non-hydrogen) atoms. The molecule has 1 fully saturated rings. The van der Waals surface area contributed by atoms with E-state index in [4.69, 9.17) is 0 Å². The van der Waals surface area contributed by atoms with Gasteiger partial charge in [0.2, 0.25) is 0 Å². The number of carbonyl (C=O) groups excluding carboxylic acids is 1. The van der Waals surface area contributed by atoms with Gasteiger partial charge in [0, 0.05) is 25.7 Å². The van der Waals surface area contributed by atoms with Gasteiger partial charge in [-0.15, -0.1) is 0 Å². The molecule has 2 rings (SSSR count). The molecule has 0 radical (unpaired) electrons. The molecule has 1 N–H and O–H groups in total. The van der Waals surface area contributed by atoms with E-state index in [-0.39, 0.29) is 12.6 Å². The molecule has 0 aromatic heterocycles. The van der Waals surface area contributed by atoms with Crippen molar-refractivity contribution >= 4 is 6.03 Å². The summed E-state index contributed by atoms with van der Waals surface area (Å²) in [4.78, 5) is 14.7. The Bertz CT molecular complexity index is 536. The van der Waals surface area contributed by atoms with Crippen LogP contribution in [0.2, 0.25) is 0 Å². The number of amides is 2. The number of likely N-dealkylation sites (N-methyl/N-ethyl adjacent to an activating group) is 1. The summed E-state index contributed by atoms with van der Waals surface area (Å²) in [5, 5.41) is 2.73. The van der Waals surface area contributed by atoms with E-state index >= 15 is 0 Å². The molecule has 0 spiro atoms. The van der Waals surface area contributed by atoms with Crippen LogP contribution in [0, 0.1) is 0 Å². The Morgan fingerprint density at radius 1 is 1.25 bits per heavy atom. The summed E-state index contributed by atoms with van der Waals surface area (Å²) >= 11 is 0. The molecule has 1 aromatic carbocycles. The zero-order valence-electron chi connectivity index (χ0n) is 14.0. The second kappa shape index (κ2) is 7.88. The van der Waals surface area contributed by atoms with Crippen molar-refractivity contribution in [2.24, 2.45) is 0 Å². The number of hydrogen-bond donors (Lipinski definition) is 1. The smallest absolute Gasteiger partial charge is 0.338 e. The summed E-state index contributed by atoms with van der Waals surface area (Å²) in [6, 6.07) is 7.51. The first kappa shape index (κ1) is 18.6. The van der Waals surface area contributed by atoms with Crippen molar-refractivity contribution in [3.05, 3.63) is 35.9 Å². The quantitative estimate of drug-likeness (QED) is 0.854. The molecule has 1 saturated heterocycles. The van der Waals surface area contributed by atoms with E-state index in [1.807, 2.05) is 30.3 Å². The van der Waals surface area contributed by atoms with Crippen LogP contribution in [0.5, 0.6) is 0 Å². The third-order valence-electron chi connectivity index (χ3n) is 4.49. The van der Waals surface area contributed by atoms with Crippen LogP contribution in [0.1, 0.15) is 18.9 Å². The van der Waals surface area contributed by atoms with E-state index < -0.39 is 18.2 Å². The van der Waals surface area contributed by atoms with Gasteiger partial charge in [-0.2, -0.15) is 13.2 Å². The second-order valence-electron chi connectivity index (χ2n) is 6.30. The van der Waals surface area contributed by atoms with E-state index in [1.165, 1.54) is 22.4 Å². The number of urea groups is 1. The van der Waals surface area contributed by atoms with Gasteiger partial charge >= 0.3 is 12.2 Å². The molecule has 0 saturated carbocycles. The molecular weight excluding hydrogens is 319 g/mol. The van der Waals surface area contributed by atoms with Crippen LogP contribution in [0.4, 0.5) is 18.0 Å². The maximum atomic E-state index is 13.1. The predicted molar refractivity (Wildman–Crippen MR) is 86.8 cm³/mol. The van der Waals surface area contributed by atoms with Crippen molar-refractivity contribution < 1.29 is 18.0 Å². The highest BCUT2D eigenvalue weighted by Crippen LogP contribution is 2.29. The molecule has 2 amide bonds. The summed E-state index contributed by atoms with van der Waals surface area (Å²) in [6.45, 7) is 2.13. The van der Waals surface area contributed by atoms with Gasteiger partial charge in [-0.3, -0.25) is 4.90 Å². The Balaban J connectivity index is 1.81. The number of piperazine rings is 1. The van der Waals surface area contributed by atoms with Crippen LogP contribution in [0.3, 0.4) is 0 Å². The number of benzene rings is 1. The molecule has 134 valence electrons. The highest BCUT2D eigenvalue weighted by Gasteiger charge is 2.47. The number of alkyl halides is 3. The average Bonchev–Trinajstić information content (AvgIpc) is 2.53. The van der Waals surface area contributed by atoms with Crippen LogP contribution >= 0.6 is 0 Å². The van der Waals surface area contributed by atoms with Crippen LogP contribution in [-0.4, -0.2) is 60.8 Å². The minimum absolute atomic E-state index is 0.299. The van der Waals surface area contributed by atoms with Gasteiger partial charge < -0.3 is 10.2 Å². The highest BCUT2D eigenvalue weighted by molar-refractivity contribution is 5.74. The maximum Gasteiger partial charge on any atom is 0.405 e. The lowest BCUT2D eigenvalue weighted by molar-refractivity contribution is -0.196. The van der Waals surface area contributed by atoms with E-state index in [0.717, 1.165) is 12.8 Å². The summed E-state index contributed by atoms with van der Waals surface area (Å²) in [5.41, 5.74) is 1.18. The fourth-order valence-electron chi connectivity index (χ4n) is 2.91. The Morgan fingerprint density at radius 3 is 2.54 bits per heavy atom. The van der Waals surface area contributed by atoms with Crippen molar-refractivity contribution in [3.8, 4) is 0 Å². The number of hydrogen-bond acceptors (Lipinski definition) is 2. The first-order chi connectivity index (χ1) is 11.3. The summed E-state index contributed by atoms with van der Waals surface area (Å²) < 4.78 is 39.3.